The molecular weight excluding hydrogens is 509 g/mol. The maximum atomic E-state index is 13.9. The monoisotopic (exact) mass is 523 g/mol. The minimum absolute atomic E-state index is 0.145. The maximum absolute atomic E-state index is 13.9. The summed E-state index contributed by atoms with van der Waals surface area (Å²) >= 11 is 12.0. The molecule has 0 atom stereocenters. The van der Waals surface area contributed by atoms with Crippen molar-refractivity contribution in [2.75, 3.05) is 5.32 Å². The van der Waals surface area contributed by atoms with Crippen molar-refractivity contribution in [1.29, 1.82) is 0 Å². The Morgan fingerprint density at radius 3 is 2.57 bits per heavy atom. The van der Waals surface area contributed by atoms with Gasteiger partial charge in [-0.25, -0.2) is 17.6 Å². The molecule has 4 rings (SSSR count). The van der Waals surface area contributed by atoms with Crippen LogP contribution in [0.5, 0.6) is 5.75 Å². The van der Waals surface area contributed by atoms with Crippen LogP contribution in [-0.2, 0) is 13.2 Å². The standard InChI is InChI=1S/C24H15Cl2F4N3O2/c25-15-4-5-21(18(26)7-15)35-12-13-2-1-3-14(6-13)24(34)32-16-9-31-33(10-16)11-17-19(27)8-20(28)23(30)22(17)29/h1-10H,11-12H2,(H,32,34). The number of nitrogens with zero attached hydrogens (tertiary/aromatic N) is 2. The molecule has 5 nitrogen and oxygen atoms in total. The Morgan fingerprint density at radius 1 is 1.00 bits per heavy atom. The van der Waals surface area contributed by atoms with Gasteiger partial charge in [-0.05, 0) is 35.9 Å². The van der Waals surface area contributed by atoms with Crippen LogP contribution >= 0.6 is 23.2 Å². The molecule has 0 aliphatic heterocycles. The van der Waals surface area contributed by atoms with Crippen molar-refractivity contribution in [3.05, 3.63) is 111 Å². The smallest absolute Gasteiger partial charge is 0.255 e. The van der Waals surface area contributed by atoms with Crippen molar-refractivity contribution in [1.82, 2.24) is 9.78 Å². The molecule has 3 aromatic carbocycles. The zero-order valence-electron chi connectivity index (χ0n) is 17.7. The molecule has 0 bridgehead atoms. The Labute approximate surface area is 206 Å². The van der Waals surface area contributed by atoms with Gasteiger partial charge in [-0.15, -0.1) is 0 Å². The summed E-state index contributed by atoms with van der Waals surface area (Å²) in [7, 11) is 0. The van der Waals surface area contributed by atoms with E-state index < -0.39 is 41.3 Å². The predicted molar refractivity (Wildman–Crippen MR) is 123 cm³/mol. The lowest BCUT2D eigenvalue weighted by Crippen LogP contribution is -2.12. The van der Waals surface area contributed by atoms with E-state index in [0.29, 0.717) is 26.9 Å². The fourth-order valence-electron chi connectivity index (χ4n) is 3.18. The van der Waals surface area contributed by atoms with Crippen LogP contribution in [0.25, 0.3) is 0 Å². The van der Waals surface area contributed by atoms with E-state index in [4.69, 9.17) is 27.9 Å². The van der Waals surface area contributed by atoms with Gasteiger partial charge in [-0.2, -0.15) is 5.10 Å². The summed E-state index contributed by atoms with van der Waals surface area (Å²) < 4.78 is 61.1. The van der Waals surface area contributed by atoms with Crippen molar-refractivity contribution >= 4 is 34.8 Å². The van der Waals surface area contributed by atoms with E-state index in [0.717, 1.165) is 4.68 Å². The number of ether oxygens (including phenoxy) is 1. The van der Waals surface area contributed by atoms with E-state index >= 15 is 0 Å². The number of nitrogens with one attached hydrogen (secondary N) is 1. The summed E-state index contributed by atoms with van der Waals surface area (Å²) in [4.78, 5) is 12.7. The molecule has 4 aromatic rings. The van der Waals surface area contributed by atoms with Gasteiger partial charge in [-0.1, -0.05) is 35.3 Å². The van der Waals surface area contributed by atoms with E-state index in [2.05, 4.69) is 10.4 Å². The second-order valence-electron chi connectivity index (χ2n) is 7.39. The summed E-state index contributed by atoms with van der Waals surface area (Å²) in [6, 6.07) is 11.7. The molecule has 0 radical (unpaired) electrons. The van der Waals surface area contributed by atoms with Gasteiger partial charge in [0.05, 0.1) is 23.5 Å². The average Bonchev–Trinajstić information content (AvgIpc) is 3.27. The highest BCUT2D eigenvalue weighted by molar-refractivity contribution is 6.35. The van der Waals surface area contributed by atoms with Crippen molar-refractivity contribution in [3.8, 4) is 5.75 Å². The van der Waals surface area contributed by atoms with Crippen LogP contribution in [0.3, 0.4) is 0 Å². The highest BCUT2D eigenvalue weighted by Crippen LogP contribution is 2.28. The number of carbonyl (C=O) groups is 1. The maximum Gasteiger partial charge on any atom is 0.255 e. The quantitative estimate of drug-likeness (QED) is 0.168. The molecule has 0 aliphatic carbocycles. The van der Waals surface area contributed by atoms with Crippen molar-refractivity contribution in [2.45, 2.75) is 13.2 Å². The Morgan fingerprint density at radius 2 is 1.80 bits per heavy atom. The van der Waals surface area contributed by atoms with E-state index in [-0.39, 0.29) is 18.4 Å². The molecule has 35 heavy (non-hydrogen) atoms. The SMILES string of the molecule is O=C(Nc1cnn(Cc2c(F)cc(F)c(F)c2F)c1)c1cccc(COc2ccc(Cl)cc2Cl)c1. The third-order valence-electron chi connectivity index (χ3n) is 4.90. The van der Waals surface area contributed by atoms with Gasteiger partial charge < -0.3 is 10.1 Å². The lowest BCUT2D eigenvalue weighted by molar-refractivity contribution is 0.102. The fraction of sp³-hybridized carbons (Fsp3) is 0.0833. The van der Waals surface area contributed by atoms with Crippen LogP contribution in [-0.4, -0.2) is 15.7 Å². The first-order chi connectivity index (χ1) is 16.7. The Balaban J connectivity index is 1.41. The number of hydrogen-bond donors (Lipinski definition) is 1. The lowest BCUT2D eigenvalue weighted by atomic mass is 10.1. The molecule has 180 valence electrons. The molecule has 1 N–H and O–H groups in total. The first-order valence-electron chi connectivity index (χ1n) is 10.0. The zero-order valence-corrected chi connectivity index (χ0v) is 19.2. The Bertz CT molecular complexity index is 1410. The molecular formula is C24H15Cl2F4N3O2. The number of halogens is 6. The second kappa shape index (κ2) is 10.4. The van der Waals surface area contributed by atoms with Gasteiger partial charge in [0.15, 0.2) is 17.5 Å². The van der Waals surface area contributed by atoms with Crippen LogP contribution < -0.4 is 10.1 Å². The molecule has 0 aliphatic rings. The third kappa shape index (κ3) is 5.75. The zero-order chi connectivity index (χ0) is 25.1. The number of amides is 1. The van der Waals surface area contributed by atoms with Gasteiger partial charge >= 0.3 is 0 Å². The van der Waals surface area contributed by atoms with Crippen molar-refractivity contribution < 1.29 is 27.1 Å². The van der Waals surface area contributed by atoms with Gasteiger partial charge in [0.2, 0.25) is 0 Å². The van der Waals surface area contributed by atoms with Crippen LogP contribution in [0.15, 0.2) is 60.9 Å². The van der Waals surface area contributed by atoms with E-state index in [9.17, 15) is 22.4 Å². The number of rotatable bonds is 7. The minimum Gasteiger partial charge on any atom is -0.487 e. The van der Waals surface area contributed by atoms with E-state index in [1.54, 1.807) is 42.5 Å². The molecule has 1 aromatic heterocycles. The Hall–Kier alpha value is -3.56. The molecule has 0 fully saturated rings. The second-order valence-corrected chi connectivity index (χ2v) is 8.23. The van der Waals surface area contributed by atoms with Crippen molar-refractivity contribution in [2.24, 2.45) is 0 Å². The number of hydrogen-bond acceptors (Lipinski definition) is 3. The minimum atomic E-state index is -1.77. The van der Waals surface area contributed by atoms with Gasteiger partial charge in [0, 0.05) is 28.4 Å². The molecule has 1 heterocycles. The fourth-order valence-corrected chi connectivity index (χ4v) is 3.65. The topological polar surface area (TPSA) is 56.2 Å². The first-order valence-corrected chi connectivity index (χ1v) is 10.8. The largest absolute Gasteiger partial charge is 0.487 e. The number of benzene rings is 3. The van der Waals surface area contributed by atoms with Crippen molar-refractivity contribution in [3.63, 3.8) is 0 Å². The number of carbonyl (C=O) groups excluding carboxylic acids is 1. The molecule has 0 spiro atoms. The molecule has 11 heteroatoms. The highest BCUT2D eigenvalue weighted by Gasteiger charge is 2.19. The summed E-state index contributed by atoms with van der Waals surface area (Å²) in [5, 5.41) is 7.34. The van der Waals surface area contributed by atoms with Crippen LogP contribution in [0, 0.1) is 23.3 Å². The normalized spacial score (nSPS) is 10.9. The summed E-state index contributed by atoms with van der Waals surface area (Å²) in [5.74, 6) is -6.32. The summed E-state index contributed by atoms with van der Waals surface area (Å²) in [6.45, 7) is -0.365. The molecule has 0 saturated carbocycles. The van der Waals surface area contributed by atoms with E-state index in [1.165, 1.54) is 12.4 Å². The highest BCUT2D eigenvalue weighted by atomic mass is 35.5. The third-order valence-corrected chi connectivity index (χ3v) is 5.43. The summed E-state index contributed by atoms with van der Waals surface area (Å²) in [6.07, 6.45) is 2.55. The Kier molecular flexibility index (Phi) is 7.28. The van der Waals surface area contributed by atoms with Crippen LogP contribution in [0.1, 0.15) is 21.5 Å². The molecule has 0 unspecified atom stereocenters. The van der Waals surface area contributed by atoms with Gasteiger partial charge in [-0.3, -0.25) is 9.48 Å². The number of anilines is 1. The summed E-state index contributed by atoms with van der Waals surface area (Å²) in [5.41, 5.74) is 0.550. The number of aromatic nitrogens is 2. The van der Waals surface area contributed by atoms with Crippen LogP contribution in [0.4, 0.5) is 23.2 Å². The molecule has 0 saturated heterocycles. The lowest BCUT2D eigenvalue weighted by Gasteiger charge is -2.09. The first kappa shape index (κ1) is 24.6. The van der Waals surface area contributed by atoms with Crippen LogP contribution in [0.2, 0.25) is 10.0 Å². The predicted octanol–water partition coefficient (Wildman–Crippen LogP) is 6.63. The van der Waals surface area contributed by atoms with Gasteiger partial charge in [0.1, 0.15) is 18.2 Å². The van der Waals surface area contributed by atoms with E-state index in [1.807, 2.05) is 0 Å². The van der Waals surface area contributed by atoms with Gasteiger partial charge in [0.25, 0.3) is 5.91 Å². The average molecular weight is 524 g/mol. The molecule has 1 amide bonds.